The molecular weight excluding hydrogens is 407 g/mol. The molecule has 0 spiro atoms. The molecule has 0 bridgehead atoms. The summed E-state index contributed by atoms with van der Waals surface area (Å²) in [5, 5.41) is 10.6. The van der Waals surface area contributed by atoms with Gasteiger partial charge in [0.05, 0.1) is 23.7 Å². The van der Waals surface area contributed by atoms with Crippen molar-refractivity contribution in [3.05, 3.63) is 80.8 Å². The molecule has 1 aliphatic rings. The molecule has 152 valence electrons. The van der Waals surface area contributed by atoms with E-state index in [9.17, 15) is 19.1 Å². The summed E-state index contributed by atoms with van der Waals surface area (Å²) < 4.78 is 18.4. The third kappa shape index (κ3) is 4.05. The van der Waals surface area contributed by atoms with Crippen molar-refractivity contribution in [3.63, 3.8) is 0 Å². The van der Waals surface area contributed by atoms with E-state index in [2.05, 4.69) is 4.99 Å². The minimum absolute atomic E-state index is 0.0905. The normalized spacial score (nSPS) is 16.9. The van der Waals surface area contributed by atoms with Gasteiger partial charge in [0.15, 0.2) is 5.17 Å². The zero-order valence-electron chi connectivity index (χ0n) is 16.0. The molecule has 8 heteroatoms. The van der Waals surface area contributed by atoms with E-state index in [4.69, 9.17) is 4.42 Å². The highest BCUT2D eigenvalue weighted by atomic mass is 32.2. The Balaban J connectivity index is 1.72. The van der Waals surface area contributed by atoms with Crippen LogP contribution in [0.2, 0.25) is 0 Å². The first-order valence-corrected chi connectivity index (χ1v) is 9.97. The number of carbonyl (C=O) groups excluding carboxylic acids is 1. The second kappa shape index (κ2) is 8.25. The maximum Gasteiger partial charge on any atom is 0.336 e. The third-order valence-corrected chi connectivity index (χ3v) is 5.55. The van der Waals surface area contributed by atoms with Crippen LogP contribution in [0.5, 0.6) is 0 Å². The third-order valence-electron chi connectivity index (χ3n) is 4.54. The molecule has 1 aromatic heterocycles. The van der Waals surface area contributed by atoms with Gasteiger partial charge in [-0.25, -0.2) is 14.2 Å². The number of amidine groups is 1. The molecule has 0 radical (unpaired) electrons. The summed E-state index contributed by atoms with van der Waals surface area (Å²) in [6, 6.07) is 12.4. The fourth-order valence-electron chi connectivity index (χ4n) is 3.09. The standard InChI is InChI=1S/C22H17FN2O4S/c1-13-10-20(27)29-18-12-16(6-7-17(13)18)24-22-25(8-9-26)21(28)19(30-22)11-14-2-4-15(23)5-3-14/h2-7,10-12,26H,8-9H2,1H3/b19-11-,24-22?. The first-order chi connectivity index (χ1) is 14.4. The SMILES string of the molecule is Cc1cc(=O)oc2cc(N=C3S/C(=C\c4ccc(F)cc4)C(=O)N3CCO)ccc12. The van der Waals surface area contributed by atoms with E-state index in [1.165, 1.54) is 23.1 Å². The first-order valence-electron chi connectivity index (χ1n) is 9.15. The number of carbonyl (C=O) groups is 1. The van der Waals surface area contributed by atoms with Crippen molar-refractivity contribution < 1.29 is 18.7 Å². The summed E-state index contributed by atoms with van der Waals surface area (Å²) in [5.41, 5.74) is 1.96. The number of β-amino-alcohol motifs (C(OH)–C–C–N with tert-alkyl or cyclic N) is 1. The number of hydrogen-bond acceptors (Lipinski definition) is 6. The molecule has 1 amide bonds. The number of aliphatic hydroxyl groups excluding tert-OH is 1. The van der Waals surface area contributed by atoms with Crippen LogP contribution in [0.3, 0.4) is 0 Å². The van der Waals surface area contributed by atoms with E-state index >= 15 is 0 Å². The number of aliphatic imine (C=N–C) groups is 1. The average molecular weight is 424 g/mol. The topological polar surface area (TPSA) is 83.1 Å². The highest BCUT2D eigenvalue weighted by Crippen LogP contribution is 2.34. The van der Waals surface area contributed by atoms with Gasteiger partial charge in [0.2, 0.25) is 0 Å². The highest BCUT2D eigenvalue weighted by molar-refractivity contribution is 8.18. The number of aliphatic hydroxyl groups is 1. The first kappa shape index (κ1) is 20.1. The van der Waals surface area contributed by atoms with Crippen molar-refractivity contribution in [2.75, 3.05) is 13.2 Å². The Hall–Kier alpha value is -3.23. The molecule has 0 saturated carbocycles. The molecule has 3 aromatic rings. The molecule has 2 heterocycles. The van der Waals surface area contributed by atoms with Gasteiger partial charge in [0.1, 0.15) is 11.4 Å². The van der Waals surface area contributed by atoms with Crippen LogP contribution < -0.4 is 5.63 Å². The Morgan fingerprint density at radius 1 is 1.17 bits per heavy atom. The number of fused-ring (bicyclic) bond motifs is 1. The summed E-state index contributed by atoms with van der Waals surface area (Å²) in [5.74, 6) is -0.648. The lowest BCUT2D eigenvalue weighted by molar-refractivity contribution is -0.122. The van der Waals surface area contributed by atoms with Crippen molar-refractivity contribution in [3.8, 4) is 0 Å². The number of hydrogen-bond donors (Lipinski definition) is 1. The molecule has 0 unspecified atom stereocenters. The second-order valence-electron chi connectivity index (χ2n) is 6.67. The highest BCUT2D eigenvalue weighted by Gasteiger charge is 2.33. The van der Waals surface area contributed by atoms with Crippen LogP contribution in [0, 0.1) is 12.7 Å². The van der Waals surface area contributed by atoms with E-state index < -0.39 is 5.63 Å². The Bertz CT molecular complexity index is 1250. The van der Waals surface area contributed by atoms with Gasteiger partial charge >= 0.3 is 5.63 Å². The van der Waals surface area contributed by atoms with Gasteiger partial charge in [-0.1, -0.05) is 12.1 Å². The number of aryl methyl sites for hydroxylation is 1. The van der Waals surface area contributed by atoms with E-state index in [0.29, 0.717) is 26.9 Å². The van der Waals surface area contributed by atoms with Crippen LogP contribution in [0.1, 0.15) is 11.1 Å². The average Bonchev–Trinajstić information content (AvgIpc) is 2.98. The lowest BCUT2D eigenvalue weighted by Crippen LogP contribution is -2.31. The molecular formula is C22H17FN2O4S. The molecule has 1 aliphatic heterocycles. The second-order valence-corrected chi connectivity index (χ2v) is 7.67. The molecule has 1 fully saturated rings. The fourth-order valence-corrected chi connectivity index (χ4v) is 4.12. The fraction of sp³-hybridized carbons (Fsp3) is 0.136. The van der Waals surface area contributed by atoms with E-state index in [1.54, 1.807) is 36.4 Å². The summed E-state index contributed by atoms with van der Waals surface area (Å²) in [7, 11) is 0. The number of halogens is 1. The largest absolute Gasteiger partial charge is 0.423 e. The molecule has 2 aromatic carbocycles. The Morgan fingerprint density at radius 3 is 2.67 bits per heavy atom. The number of benzene rings is 2. The Morgan fingerprint density at radius 2 is 1.93 bits per heavy atom. The Kier molecular flexibility index (Phi) is 5.52. The molecule has 0 atom stereocenters. The van der Waals surface area contributed by atoms with Crippen LogP contribution in [0.15, 0.2) is 67.6 Å². The number of thioether (sulfide) groups is 1. The van der Waals surface area contributed by atoms with Crippen molar-refractivity contribution in [2.45, 2.75) is 6.92 Å². The minimum Gasteiger partial charge on any atom is -0.423 e. The van der Waals surface area contributed by atoms with Gasteiger partial charge in [-0.2, -0.15) is 0 Å². The number of nitrogens with zero attached hydrogens (tertiary/aromatic N) is 2. The van der Waals surface area contributed by atoms with Crippen molar-refractivity contribution >= 4 is 45.6 Å². The zero-order chi connectivity index (χ0) is 21.3. The van der Waals surface area contributed by atoms with Gasteiger partial charge in [-0.05, 0) is 60.2 Å². The molecule has 1 saturated heterocycles. The quantitative estimate of drug-likeness (QED) is 0.508. The van der Waals surface area contributed by atoms with Crippen molar-refractivity contribution in [1.82, 2.24) is 4.90 Å². The van der Waals surface area contributed by atoms with Crippen LogP contribution in [-0.2, 0) is 4.79 Å². The summed E-state index contributed by atoms with van der Waals surface area (Å²) >= 11 is 1.16. The van der Waals surface area contributed by atoms with Gasteiger partial charge in [0.25, 0.3) is 5.91 Å². The maximum atomic E-state index is 13.1. The van der Waals surface area contributed by atoms with Gasteiger partial charge in [-0.3, -0.25) is 9.69 Å². The molecule has 1 N–H and O–H groups in total. The zero-order valence-corrected chi connectivity index (χ0v) is 16.8. The number of rotatable bonds is 4. The van der Waals surface area contributed by atoms with Crippen molar-refractivity contribution in [1.29, 1.82) is 0 Å². The Labute approximate surface area is 175 Å². The van der Waals surface area contributed by atoms with Crippen LogP contribution >= 0.6 is 11.8 Å². The lowest BCUT2D eigenvalue weighted by atomic mass is 10.1. The van der Waals surface area contributed by atoms with E-state index in [1.807, 2.05) is 6.92 Å². The van der Waals surface area contributed by atoms with Crippen LogP contribution in [0.4, 0.5) is 10.1 Å². The summed E-state index contributed by atoms with van der Waals surface area (Å²) in [6.07, 6.45) is 1.65. The smallest absolute Gasteiger partial charge is 0.336 e. The summed E-state index contributed by atoms with van der Waals surface area (Å²) in [4.78, 5) is 30.8. The minimum atomic E-state index is -0.443. The lowest BCUT2D eigenvalue weighted by Gasteiger charge is -2.13. The van der Waals surface area contributed by atoms with Gasteiger partial charge in [-0.15, -0.1) is 0 Å². The molecule has 6 nitrogen and oxygen atoms in total. The molecule has 0 aliphatic carbocycles. The molecule has 4 rings (SSSR count). The summed E-state index contributed by atoms with van der Waals surface area (Å²) in [6.45, 7) is 1.69. The van der Waals surface area contributed by atoms with E-state index in [-0.39, 0.29) is 24.9 Å². The van der Waals surface area contributed by atoms with Gasteiger partial charge in [0, 0.05) is 17.5 Å². The van der Waals surface area contributed by atoms with Crippen molar-refractivity contribution in [2.24, 2.45) is 4.99 Å². The molecule has 30 heavy (non-hydrogen) atoms. The van der Waals surface area contributed by atoms with Gasteiger partial charge < -0.3 is 9.52 Å². The van der Waals surface area contributed by atoms with Crippen LogP contribution in [0.25, 0.3) is 17.0 Å². The predicted molar refractivity (Wildman–Crippen MR) is 115 cm³/mol. The predicted octanol–water partition coefficient (Wildman–Crippen LogP) is 3.84. The van der Waals surface area contributed by atoms with E-state index in [0.717, 1.165) is 22.7 Å². The number of amides is 1. The van der Waals surface area contributed by atoms with Crippen LogP contribution in [-0.4, -0.2) is 34.2 Å². The maximum absolute atomic E-state index is 13.1. The monoisotopic (exact) mass is 424 g/mol.